The molecule has 3 aromatic carbocycles. The molecule has 0 unspecified atom stereocenters. The summed E-state index contributed by atoms with van der Waals surface area (Å²) in [5.74, 6) is -0.511. The third-order valence-electron chi connectivity index (χ3n) is 6.14. The van der Waals surface area contributed by atoms with E-state index in [1.54, 1.807) is 74.5 Å². The molecule has 4 rings (SSSR count). The second-order valence-corrected chi connectivity index (χ2v) is 13.4. The first-order chi connectivity index (χ1) is 21.2. The van der Waals surface area contributed by atoms with Crippen LogP contribution in [-0.4, -0.2) is 35.1 Å². The zero-order valence-electron chi connectivity index (χ0n) is 24.2. The fourth-order valence-corrected chi connectivity index (χ4v) is 7.26. The summed E-state index contributed by atoms with van der Waals surface area (Å²) in [7, 11) is -3.22. The lowest BCUT2D eigenvalue weighted by molar-refractivity contribution is -0.116. The number of aryl methyl sites for hydroxylation is 1. The smallest absolute Gasteiger partial charge is 0.326 e. The van der Waals surface area contributed by atoms with Gasteiger partial charge in [-0.25, -0.2) is 4.98 Å². The lowest BCUT2D eigenvalue weighted by Crippen LogP contribution is -2.34. The minimum Gasteiger partial charge on any atom is -0.326 e. The van der Waals surface area contributed by atoms with Crippen molar-refractivity contribution in [3.8, 4) is 11.3 Å². The van der Waals surface area contributed by atoms with Crippen LogP contribution in [0.5, 0.6) is 0 Å². The number of halogens is 1. The molecule has 0 aliphatic carbocycles. The number of hydrogen-bond donors (Lipinski definition) is 3. The van der Waals surface area contributed by atoms with Crippen molar-refractivity contribution in [2.45, 2.75) is 32.9 Å². The number of hydrogen-bond acceptors (Lipinski definition) is 8. The van der Waals surface area contributed by atoms with Crippen LogP contribution in [0.2, 0.25) is 5.02 Å². The van der Waals surface area contributed by atoms with Gasteiger partial charge in [-0.15, -0.1) is 11.3 Å². The summed E-state index contributed by atoms with van der Waals surface area (Å²) < 4.78 is 23.6. The molecule has 44 heavy (non-hydrogen) atoms. The van der Waals surface area contributed by atoms with Crippen LogP contribution >= 0.6 is 42.8 Å². The van der Waals surface area contributed by atoms with E-state index in [1.807, 2.05) is 18.2 Å². The molecule has 0 radical (unpaired) electrons. The van der Waals surface area contributed by atoms with E-state index in [0.717, 1.165) is 16.0 Å². The Morgan fingerprint density at radius 1 is 0.932 bits per heavy atom. The highest BCUT2D eigenvalue weighted by Gasteiger charge is 2.24. The van der Waals surface area contributed by atoms with Gasteiger partial charge in [-0.1, -0.05) is 54.1 Å². The third kappa shape index (κ3) is 9.79. The van der Waals surface area contributed by atoms with Crippen LogP contribution < -0.4 is 16.0 Å². The van der Waals surface area contributed by atoms with Crippen molar-refractivity contribution >= 4 is 70.5 Å². The van der Waals surface area contributed by atoms with Crippen LogP contribution in [0, 0.1) is 0 Å². The quantitative estimate of drug-likeness (QED) is 0.0970. The number of thiazole rings is 1. The van der Waals surface area contributed by atoms with E-state index in [0.29, 0.717) is 46.7 Å². The van der Waals surface area contributed by atoms with Gasteiger partial charge in [-0.3, -0.25) is 19.5 Å². The van der Waals surface area contributed by atoms with Crippen LogP contribution in [0.15, 0.2) is 78.9 Å². The van der Waals surface area contributed by atoms with Gasteiger partial charge in [0.25, 0.3) is 5.91 Å². The van der Waals surface area contributed by atoms with Gasteiger partial charge in [-0.2, -0.15) is 0 Å². The molecule has 0 bridgehead atoms. The van der Waals surface area contributed by atoms with E-state index >= 15 is 0 Å². The molecule has 1 heterocycles. The Morgan fingerprint density at radius 3 is 2.23 bits per heavy atom. The van der Waals surface area contributed by atoms with Gasteiger partial charge in [0, 0.05) is 33.1 Å². The Bertz CT molecular complexity index is 1620. The summed E-state index contributed by atoms with van der Waals surface area (Å²) in [6, 6.07) is 23.1. The molecule has 9 nitrogen and oxygen atoms in total. The second kappa shape index (κ2) is 16.0. The maximum Gasteiger partial charge on any atom is 0.335 e. The first-order valence-electron chi connectivity index (χ1n) is 13.9. The Kier molecular flexibility index (Phi) is 12.2. The SMILES string of the molecule is CCOP(=O)(Cc1ccc(NC(=O)CCc2sc(NC(=S)NC(=O)c3ccccc3)nc2-c2ccc(Cl)cc2)cc1)OCC. The molecule has 4 aromatic rings. The highest BCUT2D eigenvalue weighted by atomic mass is 35.5. The zero-order valence-corrected chi connectivity index (χ0v) is 27.5. The van der Waals surface area contributed by atoms with E-state index in [2.05, 4.69) is 16.0 Å². The molecule has 230 valence electrons. The number of thiocarbonyl (C=S) groups is 1. The molecule has 0 saturated heterocycles. The molecular formula is C31H32ClN4O5PS2. The molecule has 0 spiro atoms. The van der Waals surface area contributed by atoms with Gasteiger partial charge in [0.15, 0.2) is 10.2 Å². The minimum atomic E-state index is -3.22. The third-order valence-corrected chi connectivity index (χ3v) is 9.69. The van der Waals surface area contributed by atoms with Gasteiger partial charge in [0.05, 0.1) is 25.1 Å². The van der Waals surface area contributed by atoms with Crippen molar-refractivity contribution in [1.82, 2.24) is 10.3 Å². The molecule has 0 atom stereocenters. The molecular weight excluding hydrogens is 639 g/mol. The van der Waals surface area contributed by atoms with Gasteiger partial charge in [0.1, 0.15) is 0 Å². The minimum absolute atomic E-state index is 0.113. The number of amides is 2. The average Bonchev–Trinajstić information content (AvgIpc) is 3.40. The van der Waals surface area contributed by atoms with Crippen LogP contribution in [0.4, 0.5) is 10.8 Å². The van der Waals surface area contributed by atoms with E-state index in [-0.39, 0.29) is 29.5 Å². The molecule has 3 N–H and O–H groups in total. The Hall–Kier alpha value is -3.44. The highest BCUT2D eigenvalue weighted by Crippen LogP contribution is 2.51. The first kappa shape index (κ1) is 33.5. The lowest BCUT2D eigenvalue weighted by Gasteiger charge is -2.17. The number of aromatic nitrogens is 1. The van der Waals surface area contributed by atoms with Crippen molar-refractivity contribution in [2.24, 2.45) is 0 Å². The monoisotopic (exact) mass is 670 g/mol. The van der Waals surface area contributed by atoms with Crippen molar-refractivity contribution in [1.29, 1.82) is 0 Å². The van der Waals surface area contributed by atoms with Crippen LogP contribution in [0.1, 0.15) is 41.1 Å². The molecule has 1 aromatic heterocycles. The summed E-state index contributed by atoms with van der Waals surface area (Å²) in [6.07, 6.45) is 0.761. The largest absolute Gasteiger partial charge is 0.335 e. The van der Waals surface area contributed by atoms with Crippen LogP contribution in [0.3, 0.4) is 0 Å². The number of carbonyl (C=O) groups excluding carboxylic acids is 2. The van der Waals surface area contributed by atoms with Gasteiger partial charge in [-0.05, 0) is 74.4 Å². The molecule has 0 aliphatic heterocycles. The van der Waals surface area contributed by atoms with Crippen molar-refractivity contribution in [3.05, 3.63) is 99.9 Å². The standard InChI is InChI=1S/C31H32ClN4O5PS2/c1-3-40-42(39,41-4-2)20-21-10-16-25(17-11-21)33-27(37)19-18-26-28(22-12-14-24(32)15-13-22)34-31(44-26)36-30(43)35-29(38)23-8-6-5-7-9-23/h5-17H,3-4,18-20H2,1-2H3,(H,33,37)(H2,34,35,36,38,43). The average molecular weight is 671 g/mol. The number of nitrogens with zero attached hydrogens (tertiary/aromatic N) is 1. The molecule has 13 heteroatoms. The number of carbonyl (C=O) groups is 2. The summed E-state index contributed by atoms with van der Waals surface area (Å²) in [5.41, 5.74) is 3.40. The molecule has 0 aliphatic rings. The van der Waals surface area contributed by atoms with E-state index < -0.39 is 7.60 Å². The molecule has 0 saturated carbocycles. The molecule has 0 fully saturated rings. The fourth-order valence-electron chi connectivity index (χ4n) is 4.19. The zero-order chi connectivity index (χ0) is 31.5. The van der Waals surface area contributed by atoms with Gasteiger partial charge in [0.2, 0.25) is 5.91 Å². The maximum absolute atomic E-state index is 12.9. The fraction of sp³-hybridized carbons (Fsp3) is 0.226. The summed E-state index contributed by atoms with van der Waals surface area (Å²) in [4.78, 5) is 31.0. The Labute approximate surface area is 270 Å². The van der Waals surface area contributed by atoms with Gasteiger partial charge >= 0.3 is 7.60 Å². The first-order valence-corrected chi connectivity index (χ1v) is 17.2. The maximum atomic E-state index is 12.9. The van der Waals surface area contributed by atoms with E-state index in [1.165, 1.54) is 11.3 Å². The van der Waals surface area contributed by atoms with Crippen LogP contribution in [-0.2, 0) is 31.0 Å². The normalized spacial score (nSPS) is 11.2. The van der Waals surface area contributed by atoms with Crippen LogP contribution in [0.25, 0.3) is 11.3 Å². The summed E-state index contributed by atoms with van der Waals surface area (Å²) in [6.45, 7) is 4.13. The number of rotatable bonds is 13. The van der Waals surface area contributed by atoms with Crippen molar-refractivity contribution < 1.29 is 23.2 Å². The summed E-state index contributed by atoms with van der Waals surface area (Å²) in [5, 5.41) is 9.75. The topological polar surface area (TPSA) is 119 Å². The Balaban J connectivity index is 1.40. The highest BCUT2D eigenvalue weighted by molar-refractivity contribution is 7.80. The number of benzene rings is 3. The van der Waals surface area contributed by atoms with Gasteiger partial charge < -0.3 is 19.7 Å². The summed E-state index contributed by atoms with van der Waals surface area (Å²) >= 11 is 12.8. The van der Waals surface area contributed by atoms with Crippen molar-refractivity contribution in [2.75, 3.05) is 23.8 Å². The number of nitrogens with one attached hydrogen (secondary N) is 3. The number of anilines is 2. The lowest BCUT2D eigenvalue weighted by atomic mass is 10.1. The second-order valence-electron chi connectivity index (χ2n) is 9.42. The van der Waals surface area contributed by atoms with E-state index in [9.17, 15) is 14.2 Å². The predicted octanol–water partition coefficient (Wildman–Crippen LogP) is 7.93. The predicted molar refractivity (Wildman–Crippen MR) is 181 cm³/mol. The Morgan fingerprint density at radius 2 is 1.59 bits per heavy atom. The van der Waals surface area contributed by atoms with Crippen molar-refractivity contribution in [3.63, 3.8) is 0 Å². The van der Waals surface area contributed by atoms with E-state index in [4.69, 9.17) is 37.9 Å². The molecule has 2 amide bonds.